The number of carbonyl (C=O) groups excluding carboxylic acids is 1. The summed E-state index contributed by atoms with van der Waals surface area (Å²) >= 11 is 0. The van der Waals surface area contributed by atoms with Crippen LogP contribution >= 0.6 is 0 Å². The van der Waals surface area contributed by atoms with E-state index in [4.69, 9.17) is 4.74 Å². The van der Waals surface area contributed by atoms with Gasteiger partial charge in [0.15, 0.2) is 0 Å². The van der Waals surface area contributed by atoms with Gasteiger partial charge >= 0.3 is 0 Å². The van der Waals surface area contributed by atoms with Crippen molar-refractivity contribution < 1.29 is 9.53 Å². The molecule has 1 saturated heterocycles. The Kier molecular flexibility index (Phi) is 6.52. The molecule has 0 spiro atoms. The Morgan fingerprint density at radius 2 is 2.12 bits per heavy atom. The molecule has 1 rings (SSSR count). The Balaban J connectivity index is 2.23. The first-order valence-corrected chi connectivity index (χ1v) is 6.73. The number of likely N-dealkylation sites (N-methyl/N-ethyl adjacent to an activating group) is 1. The van der Waals surface area contributed by atoms with Crippen LogP contribution in [0.5, 0.6) is 0 Å². The van der Waals surface area contributed by atoms with Gasteiger partial charge in [0, 0.05) is 13.1 Å². The number of carbonyl (C=O) groups is 1. The Labute approximate surface area is 105 Å². The van der Waals surface area contributed by atoms with Crippen molar-refractivity contribution in [1.29, 1.82) is 0 Å². The van der Waals surface area contributed by atoms with Gasteiger partial charge in [0.1, 0.15) is 6.61 Å². The minimum Gasteiger partial charge on any atom is -0.368 e. The van der Waals surface area contributed by atoms with Crippen molar-refractivity contribution in [2.75, 3.05) is 26.7 Å². The lowest BCUT2D eigenvalue weighted by Crippen LogP contribution is -2.39. The van der Waals surface area contributed by atoms with Crippen LogP contribution in [0.15, 0.2) is 0 Å². The Morgan fingerprint density at radius 1 is 1.47 bits per heavy atom. The molecule has 1 N–H and O–H groups in total. The molecule has 17 heavy (non-hydrogen) atoms. The van der Waals surface area contributed by atoms with E-state index in [9.17, 15) is 4.79 Å². The van der Waals surface area contributed by atoms with E-state index in [-0.39, 0.29) is 18.6 Å². The average Bonchev–Trinajstić information content (AvgIpc) is 2.36. The molecule has 1 aliphatic rings. The number of hydrogen-bond donors (Lipinski definition) is 1. The van der Waals surface area contributed by atoms with E-state index in [0.29, 0.717) is 6.04 Å². The summed E-state index contributed by atoms with van der Waals surface area (Å²) in [5.74, 6) is 0.101. The minimum absolute atomic E-state index is 0.101. The van der Waals surface area contributed by atoms with E-state index in [2.05, 4.69) is 19.2 Å². The lowest BCUT2D eigenvalue weighted by Gasteiger charge is -2.27. The van der Waals surface area contributed by atoms with Gasteiger partial charge in [0.05, 0.1) is 6.10 Å². The number of rotatable bonds is 6. The van der Waals surface area contributed by atoms with E-state index < -0.39 is 0 Å². The van der Waals surface area contributed by atoms with Crippen molar-refractivity contribution in [3.05, 3.63) is 0 Å². The van der Waals surface area contributed by atoms with E-state index in [1.165, 1.54) is 0 Å². The lowest BCUT2D eigenvalue weighted by atomic mass is 10.1. The summed E-state index contributed by atoms with van der Waals surface area (Å²) in [7, 11) is 1.87. The van der Waals surface area contributed by atoms with Gasteiger partial charge in [-0.3, -0.25) is 4.79 Å². The second-order valence-electron chi connectivity index (χ2n) is 4.90. The summed E-state index contributed by atoms with van der Waals surface area (Å²) in [5.41, 5.74) is 0. The molecule has 0 aromatic heterocycles. The van der Waals surface area contributed by atoms with E-state index in [0.717, 1.165) is 38.8 Å². The zero-order valence-corrected chi connectivity index (χ0v) is 11.4. The molecule has 0 aliphatic carbocycles. The second kappa shape index (κ2) is 7.67. The van der Waals surface area contributed by atoms with Crippen molar-refractivity contribution in [3.8, 4) is 0 Å². The predicted octanol–water partition coefficient (Wildman–Crippen LogP) is 1.40. The van der Waals surface area contributed by atoms with Gasteiger partial charge in [-0.15, -0.1) is 0 Å². The van der Waals surface area contributed by atoms with Gasteiger partial charge in [0.2, 0.25) is 5.91 Å². The highest BCUT2D eigenvalue weighted by molar-refractivity contribution is 5.77. The molecule has 4 heteroatoms. The largest absolute Gasteiger partial charge is 0.368 e. The molecular weight excluding hydrogens is 216 g/mol. The smallest absolute Gasteiger partial charge is 0.248 e. The third kappa shape index (κ3) is 5.04. The number of hydrogen-bond acceptors (Lipinski definition) is 3. The van der Waals surface area contributed by atoms with Crippen LogP contribution in [0.25, 0.3) is 0 Å². The summed E-state index contributed by atoms with van der Waals surface area (Å²) in [6, 6.07) is 0.309. The summed E-state index contributed by atoms with van der Waals surface area (Å²) in [4.78, 5) is 13.7. The van der Waals surface area contributed by atoms with Gasteiger partial charge < -0.3 is 15.0 Å². The summed E-state index contributed by atoms with van der Waals surface area (Å²) < 4.78 is 5.66. The van der Waals surface area contributed by atoms with Crippen molar-refractivity contribution in [2.24, 2.45) is 0 Å². The summed E-state index contributed by atoms with van der Waals surface area (Å²) in [6.45, 7) is 6.46. The van der Waals surface area contributed by atoms with Gasteiger partial charge in [-0.1, -0.05) is 13.3 Å². The normalized spacial score (nSPS) is 19.0. The fraction of sp³-hybridized carbons (Fsp3) is 0.923. The third-order valence-electron chi connectivity index (χ3n) is 3.49. The maximum absolute atomic E-state index is 11.9. The first-order valence-electron chi connectivity index (χ1n) is 6.73. The van der Waals surface area contributed by atoms with E-state index in [1.54, 1.807) is 0 Å². The third-order valence-corrected chi connectivity index (χ3v) is 3.49. The van der Waals surface area contributed by atoms with Crippen LogP contribution in [0.4, 0.5) is 0 Å². The van der Waals surface area contributed by atoms with Gasteiger partial charge in [-0.05, 0) is 39.3 Å². The van der Waals surface area contributed by atoms with Crippen LogP contribution in [0.1, 0.15) is 39.5 Å². The molecule has 1 heterocycles. The number of nitrogens with zero attached hydrogens (tertiary/aromatic N) is 1. The monoisotopic (exact) mass is 242 g/mol. The highest BCUT2D eigenvalue weighted by Crippen LogP contribution is 2.09. The average molecular weight is 242 g/mol. The number of ether oxygens (including phenoxy) is 1. The fourth-order valence-electron chi connectivity index (χ4n) is 2.11. The molecule has 0 radical (unpaired) electrons. The molecule has 1 unspecified atom stereocenters. The topological polar surface area (TPSA) is 41.6 Å². The zero-order valence-electron chi connectivity index (χ0n) is 11.4. The van der Waals surface area contributed by atoms with E-state index in [1.807, 2.05) is 11.9 Å². The molecule has 1 atom stereocenters. The Morgan fingerprint density at radius 3 is 2.71 bits per heavy atom. The lowest BCUT2D eigenvalue weighted by molar-refractivity contribution is -0.139. The minimum atomic E-state index is 0.101. The van der Waals surface area contributed by atoms with Crippen LogP contribution in [0.3, 0.4) is 0 Å². The van der Waals surface area contributed by atoms with Crippen LogP contribution < -0.4 is 5.32 Å². The first kappa shape index (κ1) is 14.5. The SMILES string of the molecule is CCCC(C)N(C)C(=O)COC1CCNCC1. The fourth-order valence-corrected chi connectivity index (χ4v) is 2.11. The first-order chi connectivity index (χ1) is 8.15. The Hall–Kier alpha value is -0.610. The van der Waals surface area contributed by atoms with Crippen LogP contribution in [-0.4, -0.2) is 49.7 Å². The van der Waals surface area contributed by atoms with Crippen molar-refractivity contribution in [1.82, 2.24) is 10.2 Å². The standard InChI is InChI=1S/C13H26N2O2/c1-4-5-11(2)15(3)13(16)10-17-12-6-8-14-9-7-12/h11-12,14H,4-10H2,1-3H3. The Bertz CT molecular complexity index is 227. The van der Waals surface area contributed by atoms with Gasteiger partial charge in [-0.25, -0.2) is 0 Å². The second-order valence-corrected chi connectivity index (χ2v) is 4.90. The summed E-state index contributed by atoms with van der Waals surface area (Å²) in [5, 5.41) is 3.28. The van der Waals surface area contributed by atoms with Crippen LogP contribution in [0.2, 0.25) is 0 Å². The van der Waals surface area contributed by atoms with Crippen molar-refractivity contribution >= 4 is 5.91 Å². The van der Waals surface area contributed by atoms with Gasteiger partial charge in [0.25, 0.3) is 0 Å². The molecule has 0 saturated carbocycles. The molecule has 1 fully saturated rings. The molecule has 100 valence electrons. The van der Waals surface area contributed by atoms with Gasteiger partial charge in [-0.2, -0.15) is 0 Å². The molecule has 1 aliphatic heterocycles. The number of nitrogens with one attached hydrogen (secondary N) is 1. The maximum Gasteiger partial charge on any atom is 0.248 e. The van der Waals surface area contributed by atoms with Crippen molar-refractivity contribution in [2.45, 2.75) is 51.7 Å². The maximum atomic E-state index is 11.9. The van der Waals surface area contributed by atoms with Crippen molar-refractivity contribution in [3.63, 3.8) is 0 Å². The molecular formula is C13H26N2O2. The molecule has 0 aromatic rings. The quantitative estimate of drug-likeness (QED) is 0.765. The zero-order chi connectivity index (χ0) is 12.7. The highest BCUT2D eigenvalue weighted by atomic mass is 16.5. The molecule has 1 amide bonds. The molecule has 0 aromatic carbocycles. The summed E-state index contributed by atoms with van der Waals surface area (Å²) in [6.07, 6.45) is 4.45. The van der Waals surface area contributed by atoms with Crippen LogP contribution in [0, 0.1) is 0 Å². The van der Waals surface area contributed by atoms with E-state index >= 15 is 0 Å². The molecule has 4 nitrogen and oxygen atoms in total. The van der Waals surface area contributed by atoms with Crippen LogP contribution in [-0.2, 0) is 9.53 Å². The predicted molar refractivity (Wildman–Crippen MR) is 69.0 cm³/mol. The highest BCUT2D eigenvalue weighted by Gasteiger charge is 2.18. The number of amides is 1. The molecule has 0 bridgehead atoms. The number of piperidine rings is 1.